The van der Waals surface area contributed by atoms with Crippen molar-refractivity contribution in [2.24, 2.45) is 11.8 Å². The number of carbonyl (C=O) groups is 1. The molecule has 1 aromatic carbocycles. The zero-order chi connectivity index (χ0) is 13.4. The highest BCUT2D eigenvalue weighted by Crippen LogP contribution is 2.33. The van der Waals surface area contributed by atoms with E-state index in [1.807, 2.05) is 12.1 Å². The van der Waals surface area contributed by atoms with Crippen LogP contribution in [0, 0.1) is 11.8 Å². The van der Waals surface area contributed by atoms with E-state index in [2.05, 4.69) is 34.3 Å². The fourth-order valence-electron chi connectivity index (χ4n) is 3.41. The standard InChI is InChI=1S/C15H21N3O/c1-16-15(19)11-3-5-14(6-4-11)18-9-12-7-17(2)8-13(12)10-18/h3-6,12-13H,7-10H2,1-2H3,(H,16,19). The van der Waals surface area contributed by atoms with Crippen molar-refractivity contribution >= 4 is 11.6 Å². The van der Waals surface area contributed by atoms with Crippen LogP contribution in [0.3, 0.4) is 0 Å². The van der Waals surface area contributed by atoms with Gasteiger partial charge in [-0.3, -0.25) is 4.79 Å². The molecule has 2 saturated heterocycles. The summed E-state index contributed by atoms with van der Waals surface area (Å²) < 4.78 is 0. The van der Waals surface area contributed by atoms with Gasteiger partial charge in [0.2, 0.25) is 0 Å². The molecular formula is C15H21N3O. The van der Waals surface area contributed by atoms with Crippen molar-refractivity contribution in [1.29, 1.82) is 0 Å². The van der Waals surface area contributed by atoms with Crippen LogP contribution in [0.5, 0.6) is 0 Å². The summed E-state index contributed by atoms with van der Waals surface area (Å²) in [6.45, 7) is 4.73. The van der Waals surface area contributed by atoms with Crippen LogP contribution in [0.2, 0.25) is 0 Å². The molecule has 102 valence electrons. The van der Waals surface area contributed by atoms with E-state index in [1.54, 1.807) is 7.05 Å². The molecule has 2 aliphatic rings. The Kier molecular flexibility index (Phi) is 3.19. The monoisotopic (exact) mass is 259 g/mol. The van der Waals surface area contributed by atoms with Gasteiger partial charge in [0.15, 0.2) is 0 Å². The molecule has 2 aliphatic heterocycles. The van der Waals surface area contributed by atoms with Crippen LogP contribution in [0.15, 0.2) is 24.3 Å². The van der Waals surface area contributed by atoms with Crippen LogP contribution in [-0.2, 0) is 0 Å². The van der Waals surface area contributed by atoms with Gasteiger partial charge in [0.05, 0.1) is 0 Å². The molecule has 1 aromatic rings. The van der Waals surface area contributed by atoms with E-state index in [1.165, 1.54) is 18.8 Å². The number of nitrogens with zero attached hydrogens (tertiary/aromatic N) is 2. The molecule has 3 rings (SSSR count). The first kappa shape index (κ1) is 12.5. The van der Waals surface area contributed by atoms with Crippen LogP contribution in [-0.4, -0.2) is 51.1 Å². The molecule has 0 radical (unpaired) electrons. The maximum Gasteiger partial charge on any atom is 0.251 e. The lowest BCUT2D eigenvalue weighted by Gasteiger charge is -2.21. The third kappa shape index (κ3) is 2.32. The normalized spacial score (nSPS) is 26.5. The Morgan fingerprint density at radius 3 is 2.21 bits per heavy atom. The average Bonchev–Trinajstić information content (AvgIpc) is 2.95. The summed E-state index contributed by atoms with van der Waals surface area (Å²) in [5.41, 5.74) is 1.97. The molecule has 2 unspecified atom stereocenters. The number of likely N-dealkylation sites (tertiary alicyclic amines) is 1. The minimum atomic E-state index is -0.0218. The molecule has 4 nitrogen and oxygen atoms in total. The zero-order valence-electron chi connectivity index (χ0n) is 11.6. The second kappa shape index (κ2) is 4.85. The Bertz CT molecular complexity index is 457. The highest BCUT2D eigenvalue weighted by Gasteiger charge is 2.38. The fraction of sp³-hybridized carbons (Fsp3) is 0.533. The average molecular weight is 259 g/mol. The first-order chi connectivity index (χ1) is 9.17. The van der Waals surface area contributed by atoms with Crippen LogP contribution in [0.25, 0.3) is 0 Å². The van der Waals surface area contributed by atoms with E-state index >= 15 is 0 Å². The second-order valence-corrected chi connectivity index (χ2v) is 5.77. The largest absolute Gasteiger partial charge is 0.371 e. The molecule has 1 N–H and O–H groups in total. The van der Waals surface area contributed by atoms with Crippen molar-refractivity contribution in [1.82, 2.24) is 10.2 Å². The molecule has 0 spiro atoms. The summed E-state index contributed by atoms with van der Waals surface area (Å²) in [6, 6.07) is 7.95. The second-order valence-electron chi connectivity index (χ2n) is 5.77. The van der Waals surface area contributed by atoms with E-state index in [4.69, 9.17) is 0 Å². The third-order valence-electron chi connectivity index (χ3n) is 4.39. The highest BCUT2D eigenvalue weighted by molar-refractivity contribution is 5.94. The van der Waals surface area contributed by atoms with E-state index < -0.39 is 0 Å². The summed E-state index contributed by atoms with van der Waals surface area (Å²) in [6.07, 6.45) is 0. The lowest BCUT2D eigenvalue weighted by atomic mass is 10.0. The molecule has 0 aromatic heterocycles. The maximum atomic E-state index is 11.5. The van der Waals surface area contributed by atoms with Gasteiger partial charge in [0, 0.05) is 44.5 Å². The molecule has 2 fully saturated rings. The number of carbonyl (C=O) groups excluding carboxylic acids is 1. The molecule has 1 amide bonds. The van der Waals surface area contributed by atoms with Gasteiger partial charge < -0.3 is 15.1 Å². The fourth-order valence-corrected chi connectivity index (χ4v) is 3.41. The van der Waals surface area contributed by atoms with Gasteiger partial charge in [-0.1, -0.05) is 0 Å². The number of rotatable bonds is 2. The van der Waals surface area contributed by atoms with Gasteiger partial charge in [0.1, 0.15) is 0 Å². The van der Waals surface area contributed by atoms with Gasteiger partial charge in [-0.15, -0.1) is 0 Å². The number of nitrogens with one attached hydrogen (secondary N) is 1. The molecule has 4 heteroatoms. The molecule has 0 bridgehead atoms. The number of benzene rings is 1. The SMILES string of the molecule is CNC(=O)c1ccc(N2CC3CN(C)CC3C2)cc1. The molecule has 2 heterocycles. The van der Waals surface area contributed by atoms with Crippen molar-refractivity contribution in [3.8, 4) is 0 Å². The maximum absolute atomic E-state index is 11.5. The summed E-state index contributed by atoms with van der Waals surface area (Å²) in [4.78, 5) is 16.4. The van der Waals surface area contributed by atoms with Crippen molar-refractivity contribution in [2.45, 2.75) is 0 Å². The van der Waals surface area contributed by atoms with E-state index in [0.29, 0.717) is 0 Å². The minimum Gasteiger partial charge on any atom is -0.371 e. The third-order valence-corrected chi connectivity index (χ3v) is 4.39. The topological polar surface area (TPSA) is 35.6 Å². The van der Waals surface area contributed by atoms with Crippen LogP contribution < -0.4 is 10.2 Å². The van der Waals surface area contributed by atoms with Gasteiger partial charge in [-0.05, 0) is 43.1 Å². The minimum absolute atomic E-state index is 0.0218. The summed E-state index contributed by atoms with van der Waals surface area (Å²) in [5.74, 6) is 1.60. The van der Waals surface area contributed by atoms with E-state index in [9.17, 15) is 4.79 Å². The Morgan fingerprint density at radius 1 is 1.11 bits per heavy atom. The summed E-state index contributed by atoms with van der Waals surface area (Å²) in [7, 11) is 3.87. The van der Waals surface area contributed by atoms with Crippen LogP contribution >= 0.6 is 0 Å². The number of fused-ring (bicyclic) bond motifs is 1. The smallest absolute Gasteiger partial charge is 0.251 e. The first-order valence-electron chi connectivity index (χ1n) is 6.93. The quantitative estimate of drug-likeness (QED) is 0.862. The first-order valence-corrected chi connectivity index (χ1v) is 6.93. The van der Waals surface area contributed by atoms with Crippen molar-refractivity contribution in [2.75, 3.05) is 45.2 Å². The lowest BCUT2D eigenvalue weighted by molar-refractivity contribution is 0.0963. The number of amides is 1. The summed E-state index contributed by atoms with van der Waals surface area (Å²) in [5, 5.41) is 2.65. The predicted octanol–water partition coefficient (Wildman–Crippen LogP) is 1.04. The number of anilines is 1. The van der Waals surface area contributed by atoms with Crippen molar-refractivity contribution < 1.29 is 4.79 Å². The summed E-state index contributed by atoms with van der Waals surface area (Å²) >= 11 is 0. The number of hydrogen-bond donors (Lipinski definition) is 1. The zero-order valence-corrected chi connectivity index (χ0v) is 11.6. The Hall–Kier alpha value is -1.55. The van der Waals surface area contributed by atoms with Crippen LogP contribution in [0.4, 0.5) is 5.69 Å². The molecule has 2 atom stereocenters. The van der Waals surface area contributed by atoms with E-state index in [0.717, 1.165) is 30.5 Å². The highest BCUT2D eigenvalue weighted by atomic mass is 16.1. The molecule has 19 heavy (non-hydrogen) atoms. The Labute approximate surface area is 114 Å². The van der Waals surface area contributed by atoms with Gasteiger partial charge in [-0.2, -0.15) is 0 Å². The van der Waals surface area contributed by atoms with Crippen molar-refractivity contribution in [3.05, 3.63) is 29.8 Å². The lowest BCUT2D eigenvalue weighted by Crippen LogP contribution is -2.26. The van der Waals surface area contributed by atoms with Gasteiger partial charge in [-0.25, -0.2) is 0 Å². The van der Waals surface area contributed by atoms with Gasteiger partial charge in [0.25, 0.3) is 5.91 Å². The van der Waals surface area contributed by atoms with Gasteiger partial charge >= 0.3 is 0 Å². The Morgan fingerprint density at radius 2 is 1.68 bits per heavy atom. The van der Waals surface area contributed by atoms with E-state index in [-0.39, 0.29) is 5.91 Å². The Balaban J connectivity index is 1.69. The predicted molar refractivity (Wildman–Crippen MR) is 76.5 cm³/mol. The molecule has 0 saturated carbocycles. The molecular weight excluding hydrogens is 238 g/mol. The van der Waals surface area contributed by atoms with Crippen LogP contribution in [0.1, 0.15) is 10.4 Å². The molecule has 0 aliphatic carbocycles. The van der Waals surface area contributed by atoms with Crippen molar-refractivity contribution in [3.63, 3.8) is 0 Å². The number of hydrogen-bond acceptors (Lipinski definition) is 3.